The summed E-state index contributed by atoms with van der Waals surface area (Å²) in [5.74, 6) is 0.996. The molecule has 2 unspecified atom stereocenters. The van der Waals surface area contributed by atoms with Crippen LogP contribution in [0.3, 0.4) is 0 Å². The normalized spacial score (nSPS) is 15.4. The minimum atomic E-state index is -0.183. The van der Waals surface area contributed by atoms with Crippen LogP contribution in [-0.4, -0.2) is 24.2 Å². The Morgan fingerprint density at radius 1 is 1.35 bits per heavy atom. The minimum Gasteiger partial charge on any atom is -0.497 e. The average Bonchev–Trinajstić information content (AvgIpc) is 2.37. The number of benzene rings is 1. The van der Waals surface area contributed by atoms with Gasteiger partial charge in [0.25, 0.3) is 0 Å². The standard InChI is InChI=1S/C12H19N3O2/c1-8(14-9(2)12(13)15-16)10-4-6-11(17-3)7-5-10/h4-9,14,16H,1-3H3,(H2,13,15). The maximum absolute atomic E-state index is 8.56. The molecule has 0 spiro atoms. The third kappa shape index (κ3) is 3.64. The van der Waals surface area contributed by atoms with Crippen molar-refractivity contribution in [1.29, 1.82) is 0 Å². The summed E-state index contributed by atoms with van der Waals surface area (Å²) in [4.78, 5) is 0. The summed E-state index contributed by atoms with van der Waals surface area (Å²) in [6, 6.07) is 7.70. The van der Waals surface area contributed by atoms with Crippen molar-refractivity contribution in [2.24, 2.45) is 10.9 Å². The van der Waals surface area contributed by atoms with Gasteiger partial charge in [-0.1, -0.05) is 17.3 Å². The molecule has 1 aromatic rings. The molecule has 0 aliphatic heterocycles. The van der Waals surface area contributed by atoms with Crippen molar-refractivity contribution in [2.45, 2.75) is 25.9 Å². The van der Waals surface area contributed by atoms with Crippen molar-refractivity contribution in [3.63, 3.8) is 0 Å². The van der Waals surface area contributed by atoms with E-state index in [1.54, 1.807) is 7.11 Å². The molecule has 0 radical (unpaired) electrons. The van der Waals surface area contributed by atoms with Gasteiger partial charge in [0, 0.05) is 6.04 Å². The topological polar surface area (TPSA) is 79.9 Å². The fraction of sp³-hybridized carbons (Fsp3) is 0.417. The number of ether oxygens (including phenoxy) is 1. The van der Waals surface area contributed by atoms with Crippen LogP contribution in [-0.2, 0) is 0 Å². The van der Waals surface area contributed by atoms with Crippen molar-refractivity contribution in [3.05, 3.63) is 29.8 Å². The molecule has 0 amide bonds. The first-order valence-corrected chi connectivity index (χ1v) is 5.46. The summed E-state index contributed by atoms with van der Waals surface area (Å²) in [6.07, 6.45) is 0. The number of amidine groups is 1. The molecular weight excluding hydrogens is 218 g/mol. The van der Waals surface area contributed by atoms with Gasteiger partial charge in [0.15, 0.2) is 5.84 Å². The number of hydrogen-bond donors (Lipinski definition) is 3. The van der Waals surface area contributed by atoms with Crippen molar-refractivity contribution < 1.29 is 9.94 Å². The van der Waals surface area contributed by atoms with E-state index in [1.807, 2.05) is 38.1 Å². The molecule has 0 aromatic heterocycles. The second kappa shape index (κ2) is 6.10. The van der Waals surface area contributed by atoms with E-state index >= 15 is 0 Å². The minimum absolute atomic E-state index is 0.108. The number of rotatable bonds is 5. The van der Waals surface area contributed by atoms with Gasteiger partial charge in [-0.25, -0.2) is 0 Å². The highest BCUT2D eigenvalue weighted by molar-refractivity contribution is 5.84. The van der Waals surface area contributed by atoms with Crippen LogP contribution in [0.25, 0.3) is 0 Å². The molecule has 1 aromatic carbocycles. The number of nitrogens with two attached hydrogens (primary N) is 1. The van der Waals surface area contributed by atoms with Gasteiger partial charge >= 0.3 is 0 Å². The van der Waals surface area contributed by atoms with Crippen LogP contribution in [0.2, 0.25) is 0 Å². The second-order valence-corrected chi connectivity index (χ2v) is 3.91. The molecule has 0 fully saturated rings. The third-order valence-electron chi connectivity index (χ3n) is 2.67. The molecule has 94 valence electrons. The van der Waals surface area contributed by atoms with E-state index in [2.05, 4.69) is 10.5 Å². The van der Waals surface area contributed by atoms with Crippen LogP contribution >= 0.6 is 0 Å². The van der Waals surface area contributed by atoms with Crippen LogP contribution < -0.4 is 15.8 Å². The maximum Gasteiger partial charge on any atom is 0.156 e. The molecule has 4 N–H and O–H groups in total. The van der Waals surface area contributed by atoms with Crippen molar-refractivity contribution in [1.82, 2.24) is 5.32 Å². The quantitative estimate of drug-likeness (QED) is 0.313. The summed E-state index contributed by atoms with van der Waals surface area (Å²) in [6.45, 7) is 3.86. The second-order valence-electron chi connectivity index (χ2n) is 3.91. The first kappa shape index (κ1) is 13.3. The van der Waals surface area contributed by atoms with Crippen LogP contribution in [0.15, 0.2) is 29.4 Å². The predicted octanol–water partition coefficient (Wildman–Crippen LogP) is 1.48. The average molecular weight is 237 g/mol. The Hall–Kier alpha value is -1.75. The van der Waals surface area contributed by atoms with E-state index in [4.69, 9.17) is 15.7 Å². The first-order valence-electron chi connectivity index (χ1n) is 5.46. The maximum atomic E-state index is 8.56. The fourth-order valence-electron chi connectivity index (χ4n) is 1.54. The third-order valence-corrected chi connectivity index (χ3v) is 2.67. The molecule has 0 saturated heterocycles. The first-order chi connectivity index (χ1) is 8.08. The Morgan fingerprint density at radius 3 is 2.41 bits per heavy atom. The predicted molar refractivity (Wildman–Crippen MR) is 67.4 cm³/mol. The molecule has 2 atom stereocenters. The van der Waals surface area contributed by atoms with Crippen molar-refractivity contribution in [3.8, 4) is 5.75 Å². The van der Waals surface area contributed by atoms with Gasteiger partial charge in [-0.3, -0.25) is 0 Å². The molecular formula is C12H19N3O2. The fourth-order valence-corrected chi connectivity index (χ4v) is 1.54. The SMILES string of the molecule is COc1ccc(C(C)NC(C)C(N)=NO)cc1. The van der Waals surface area contributed by atoms with Gasteiger partial charge in [-0.05, 0) is 31.5 Å². The van der Waals surface area contributed by atoms with E-state index in [0.717, 1.165) is 11.3 Å². The Balaban J connectivity index is 2.66. The summed E-state index contributed by atoms with van der Waals surface area (Å²) in [5.41, 5.74) is 6.62. The van der Waals surface area contributed by atoms with Crippen LogP contribution in [0.1, 0.15) is 25.5 Å². The Labute approximate surface area is 101 Å². The van der Waals surface area contributed by atoms with E-state index in [0.29, 0.717) is 0 Å². The lowest BCUT2D eigenvalue weighted by Crippen LogP contribution is -2.40. The lowest BCUT2D eigenvalue weighted by molar-refractivity contribution is 0.314. The monoisotopic (exact) mass is 237 g/mol. The summed E-state index contributed by atoms with van der Waals surface area (Å²) < 4.78 is 5.09. The van der Waals surface area contributed by atoms with Gasteiger partial charge in [0.05, 0.1) is 13.2 Å². The zero-order valence-corrected chi connectivity index (χ0v) is 10.3. The van der Waals surface area contributed by atoms with Crippen molar-refractivity contribution >= 4 is 5.84 Å². The molecule has 0 heterocycles. The molecule has 0 aliphatic rings. The van der Waals surface area contributed by atoms with E-state index in [-0.39, 0.29) is 17.9 Å². The van der Waals surface area contributed by atoms with Gasteiger partial charge in [0.2, 0.25) is 0 Å². The molecule has 17 heavy (non-hydrogen) atoms. The highest BCUT2D eigenvalue weighted by Crippen LogP contribution is 2.17. The van der Waals surface area contributed by atoms with Crippen LogP contribution in [0.4, 0.5) is 0 Å². The smallest absolute Gasteiger partial charge is 0.156 e. The molecule has 5 nitrogen and oxygen atoms in total. The molecule has 0 bridgehead atoms. The molecule has 0 saturated carbocycles. The Morgan fingerprint density at radius 2 is 1.94 bits per heavy atom. The van der Waals surface area contributed by atoms with Crippen molar-refractivity contribution in [2.75, 3.05) is 7.11 Å². The molecule has 0 aliphatic carbocycles. The number of oxime groups is 1. The van der Waals surface area contributed by atoms with Gasteiger partial charge in [-0.2, -0.15) is 0 Å². The molecule has 1 rings (SSSR count). The highest BCUT2D eigenvalue weighted by atomic mass is 16.5. The zero-order valence-electron chi connectivity index (χ0n) is 10.3. The highest BCUT2D eigenvalue weighted by Gasteiger charge is 2.12. The van der Waals surface area contributed by atoms with Crippen LogP contribution in [0, 0.1) is 0 Å². The zero-order chi connectivity index (χ0) is 12.8. The van der Waals surface area contributed by atoms with E-state index in [1.165, 1.54) is 0 Å². The lowest BCUT2D eigenvalue weighted by Gasteiger charge is -2.19. The van der Waals surface area contributed by atoms with E-state index < -0.39 is 0 Å². The number of hydrogen-bond acceptors (Lipinski definition) is 4. The number of nitrogens with zero attached hydrogens (tertiary/aromatic N) is 1. The Kier molecular flexibility index (Phi) is 4.78. The van der Waals surface area contributed by atoms with E-state index in [9.17, 15) is 0 Å². The van der Waals surface area contributed by atoms with Gasteiger partial charge < -0.3 is 21.0 Å². The van der Waals surface area contributed by atoms with Gasteiger partial charge in [0.1, 0.15) is 5.75 Å². The van der Waals surface area contributed by atoms with Gasteiger partial charge in [-0.15, -0.1) is 0 Å². The summed E-state index contributed by atoms with van der Waals surface area (Å²) in [5, 5.41) is 14.8. The van der Waals surface area contributed by atoms with Crippen LogP contribution in [0.5, 0.6) is 5.75 Å². The summed E-state index contributed by atoms with van der Waals surface area (Å²) in [7, 11) is 1.64. The largest absolute Gasteiger partial charge is 0.497 e. The molecule has 5 heteroatoms. The lowest BCUT2D eigenvalue weighted by atomic mass is 10.1. The Bertz CT molecular complexity index is 376. The number of nitrogens with one attached hydrogen (secondary N) is 1. The number of methoxy groups -OCH3 is 1. The summed E-state index contributed by atoms with van der Waals surface area (Å²) >= 11 is 0.